The van der Waals surface area contributed by atoms with E-state index in [9.17, 15) is 4.39 Å². The monoisotopic (exact) mass is 339 g/mol. The van der Waals surface area contributed by atoms with Crippen LogP contribution in [0.3, 0.4) is 0 Å². The molecule has 0 fully saturated rings. The van der Waals surface area contributed by atoms with E-state index in [0.717, 1.165) is 0 Å². The molecule has 0 spiro atoms. The van der Waals surface area contributed by atoms with Gasteiger partial charge in [-0.1, -0.05) is 21.1 Å². The van der Waals surface area contributed by atoms with Crippen molar-refractivity contribution in [2.45, 2.75) is 0 Å². The van der Waals surface area contributed by atoms with Gasteiger partial charge in [-0.15, -0.1) is 0 Å². The molecule has 2 aromatic rings. The topological polar surface area (TPSA) is 85.4 Å². The summed E-state index contributed by atoms with van der Waals surface area (Å²) in [6.45, 7) is 0. The fraction of sp³-hybridized carbons (Fsp3) is 0.0833. The lowest BCUT2D eigenvalue weighted by Gasteiger charge is -2.10. The van der Waals surface area contributed by atoms with Crippen LogP contribution in [0, 0.1) is 5.82 Å². The summed E-state index contributed by atoms with van der Waals surface area (Å²) in [5.74, 6) is 0.117. The van der Waals surface area contributed by atoms with Gasteiger partial charge in [0, 0.05) is 4.47 Å². The molecule has 0 aliphatic heterocycles. The third-order valence-electron chi connectivity index (χ3n) is 2.39. The number of benzene rings is 1. The first-order chi connectivity index (χ1) is 9.61. The number of halogens is 2. The molecule has 0 unspecified atom stereocenters. The lowest BCUT2D eigenvalue weighted by atomic mass is 10.2. The van der Waals surface area contributed by atoms with E-state index < -0.39 is 5.82 Å². The van der Waals surface area contributed by atoms with E-state index >= 15 is 0 Å². The quantitative estimate of drug-likeness (QED) is 0.660. The lowest BCUT2D eigenvalue weighted by Crippen LogP contribution is -2.05. The molecule has 0 atom stereocenters. The maximum atomic E-state index is 13.8. The fourth-order valence-electron chi connectivity index (χ4n) is 1.46. The van der Waals surface area contributed by atoms with E-state index in [1.54, 1.807) is 12.1 Å². The molecule has 6 nitrogen and oxygen atoms in total. The summed E-state index contributed by atoms with van der Waals surface area (Å²) in [6.07, 6.45) is 2.63. The predicted octanol–water partition coefficient (Wildman–Crippen LogP) is 2.68. The average molecular weight is 340 g/mol. The van der Waals surface area contributed by atoms with Crippen LogP contribution in [0.25, 0.3) is 0 Å². The SMILES string of the molecule is CON=Cc1c(N)ncnc1Nc1ccc(Br)cc1F. The first kappa shape index (κ1) is 14.2. The normalized spacial score (nSPS) is 10.8. The number of nitrogens with zero attached hydrogens (tertiary/aromatic N) is 3. The summed E-state index contributed by atoms with van der Waals surface area (Å²) < 4.78 is 14.4. The maximum absolute atomic E-state index is 13.8. The molecule has 1 aromatic heterocycles. The Labute approximate surface area is 123 Å². The number of hydrogen-bond acceptors (Lipinski definition) is 6. The van der Waals surface area contributed by atoms with E-state index in [1.165, 1.54) is 25.7 Å². The zero-order valence-electron chi connectivity index (χ0n) is 10.5. The van der Waals surface area contributed by atoms with E-state index in [4.69, 9.17) is 5.73 Å². The van der Waals surface area contributed by atoms with Crippen LogP contribution in [-0.4, -0.2) is 23.3 Å². The Morgan fingerprint density at radius 3 is 2.95 bits per heavy atom. The highest BCUT2D eigenvalue weighted by Crippen LogP contribution is 2.24. The van der Waals surface area contributed by atoms with Crippen LogP contribution in [0.1, 0.15) is 5.56 Å². The van der Waals surface area contributed by atoms with Gasteiger partial charge in [0.25, 0.3) is 0 Å². The second-order valence-electron chi connectivity index (χ2n) is 3.69. The summed E-state index contributed by atoms with van der Waals surface area (Å²) in [4.78, 5) is 12.5. The zero-order chi connectivity index (χ0) is 14.5. The zero-order valence-corrected chi connectivity index (χ0v) is 12.1. The van der Waals surface area contributed by atoms with Gasteiger partial charge in [0.05, 0.1) is 17.5 Å². The summed E-state index contributed by atoms with van der Waals surface area (Å²) in [5, 5.41) is 6.46. The molecule has 0 amide bonds. The first-order valence-corrected chi connectivity index (χ1v) is 6.30. The summed E-state index contributed by atoms with van der Waals surface area (Å²) >= 11 is 3.19. The molecule has 0 aliphatic carbocycles. The Bertz CT molecular complexity index is 650. The van der Waals surface area contributed by atoms with Crippen LogP contribution < -0.4 is 11.1 Å². The number of nitrogen functional groups attached to an aromatic ring is 1. The standard InChI is InChI=1S/C12H11BrFN5O/c1-20-18-5-8-11(15)16-6-17-12(8)19-10-3-2-7(13)4-9(10)14/h2-6H,1H3,(H3,15,16,17,19). The summed E-state index contributed by atoms with van der Waals surface area (Å²) in [7, 11) is 1.40. The van der Waals surface area contributed by atoms with E-state index in [-0.39, 0.29) is 11.5 Å². The van der Waals surface area contributed by atoms with Crippen LogP contribution >= 0.6 is 15.9 Å². The maximum Gasteiger partial charge on any atom is 0.147 e. The van der Waals surface area contributed by atoms with Crippen molar-refractivity contribution in [1.29, 1.82) is 0 Å². The second kappa shape index (κ2) is 6.29. The molecule has 1 heterocycles. The van der Waals surface area contributed by atoms with Gasteiger partial charge < -0.3 is 15.9 Å². The molecular formula is C12H11BrFN5O. The van der Waals surface area contributed by atoms with E-state index in [0.29, 0.717) is 15.9 Å². The van der Waals surface area contributed by atoms with E-state index in [2.05, 4.69) is 41.2 Å². The van der Waals surface area contributed by atoms with Crippen molar-refractivity contribution in [2.75, 3.05) is 18.2 Å². The van der Waals surface area contributed by atoms with Gasteiger partial charge in [0.2, 0.25) is 0 Å². The highest BCUT2D eigenvalue weighted by Gasteiger charge is 2.10. The molecule has 8 heteroatoms. The minimum Gasteiger partial charge on any atom is -0.399 e. The Morgan fingerprint density at radius 2 is 2.25 bits per heavy atom. The van der Waals surface area contributed by atoms with Gasteiger partial charge in [-0.25, -0.2) is 14.4 Å². The minimum atomic E-state index is -0.425. The van der Waals surface area contributed by atoms with Crippen LogP contribution in [-0.2, 0) is 4.84 Å². The Balaban J connectivity index is 2.38. The van der Waals surface area contributed by atoms with Crippen LogP contribution in [0.4, 0.5) is 21.7 Å². The highest BCUT2D eigenvalue weighted by molar-refractivity contribution is 9.10. The van der Waals surface area contributed by atoms with Gasteiger partial charge in [-0.3, -0.25) is 0 Å². The fourth-order valence-corrected chi connectivity index (χ4v) is 1.79. The molecule has 3 N–H and O–H groups in total. The molecule has 20 heavy (non-hydrogen) atoms. The average Bonchev–Trinajstić information content (AvgIpc) is 2.41. The largest absolute Gasteiger partial charge is 0.399 e. The van der Waals surface area contributed by atoms with Crippen molar-refractivity contribution in [2.24, 2.45) is 5.16 Å². The van der Waals surface area contributed by atoms with Crippen molar-refractivity contribution in [3.63, 3.8) is 0 Å². The molecule has 104 valence electrons. The van der Waals surface area contributed by atoms with Crippen molar-refractivity contribution in [3.05, 3.63) is 40.4 Å². The molecule has 0 aliphatic rings. The van der Waals surface area contributed by atoms with Crippen molar-refractivity contribution < 1.29 is 9.23 Å². The number of oxime groups is 1. The summed E-state index contributed by atoms with van der Waals surface area (Å²) in [6, 6.07) is 4.63. The van der Waals surface area contributed by atoms with Crippen LogP contribution in [0.15, 0.2) is 34.2 Å². The van der Waals surface area contributed by atoms with Crippen LogP contribution in [0.5, 0.6) is 0 Å². The van der Waals surface area contributed by atoms with Crippen molar-refractivity contribution in [3.8, 4) is 0 Å². The molecule has 2 rings (SSSR count). The van der Waals surface area contributed by atoms with Gasteiger partial charge in [-0.2, -0.15) is 0 Å². The molecule has 1 aromatic carbocycles. The van der Waals surface area contributed by atoms with Crippen molar-refractivity contribution >= 4 is 39.5 Å². The molecule has 0 radical (unpaired) electrons. The van der Waals surface area contributed by atoms with Gasteiger partial charge in [-0.05, 0) is 18.2 Å². The number of hydrogen-bond donors (Lipinski definition) is 2. The van der Waals surface area contributed by atoms with Gasteiger partial charge >= 0.3 is 0 Å². The third-order valence-corrected chi connectivity index (χ3v) is 2.88. The summed E-state index contributed by atoms with van der Waals surface area (Å²) in [5.41, 5.74) is 6.41. The Hall–Kier alpha value is -2.22. The molecule has 0 saturated carbocycles. The molecule has 0 saturated heterocycles. The van der Waals surface area contributed by atoms with Crippen LogP contribution in [0.2, 0.25) is 0 Å². The smallest absolute Gasteiger partial charge is 0.147 e. The first-order valence-electron chi connectivity index (χ1n) is 5.51. The van der Waals surface area contributed by atoms with Gasteiger partial charge in [0.15, 0.2) is 0 Å². The Kier molecular flexibility index (Phi) is 4.46. The number of nitrogens with two attached hydrogens (primary N) is 1. The number of anilines is 3. The predicted molar refractivity (Wildman–Crippen MR) is 78.4 cm³/mol. The van der Waals surface area contributed by atoms with E-state index in [1.807, 2.05) is 0 Å². The Morgan fingerprint density at radius 1 is 1.45 bits per heavy atom. The van der Waals surface area contributed by atoms with Crippen molar-refractivity contribution in [1.82, 2.24) is 9.97 Å². The third kappa shape index (κ3) is 3.21. The minimum absolute atomic E-state index is 0.209. The number of nitrogens with one attached hydrogen (secondary N) is 1. The second-order valence-corrected chi connectivity index (χ2v) is 4.60. The highest BCUT2D eigenvalue weighted by atomic mass is 79.9. The lowest BCUT2D eigenvalue weighted by molar-refractivity contribution is 0.215. The van der Waals surface area contributed by atoms with Gasteiger partial charge in [0.1, 0.15) is 30.9 Å². The molecular weight excluding hydrogens is 329 g/mol. The molecule has 0 bridgehead atoms. The number of aromatic nitrogens is 2. The number of rotatable bonds is 4.